The number of carboxylic acids is 1. The van der Waals surface area contributed by atoms with Gasteiger partial charge in [0, 0.05) is 0 Å². The van der Waals surface area contributed by atoms with Gasteiger partial charge in [0.05, 0.1) is 5.92 Å². The molecule has 80 valence electrons. The molecule has 0 atom stereocenters. The van der Waals surface area contributed by atoms with E-state index in [-0.39, 0.29) is 30.7 Å². The number of hydrogen-bond acceptors (Lipinski definition) is 2. The largest absolute Gasteiger partial charge is 0.481 e. The lowest BCUT2D eigenvalue weighted by Crippen LogP contribution is -2.25. The van der Waals surface area contributed by atoms with E-state index in [9.17, 15) is 4.79 Å². The van der Waals surface area contributed by atoms with Crippen LogP contribution in [0.1, 0.15) is 25.7 Å². The Bertz CT molecular complexity index is 147. The first kappa shape index (κ1) is 15.5. The molecule has 0 aromatic carbocycles. The SMILES string of the molecule is Cl.Cl.NCC1CCC(C(=O)O)CC1. The van der Waals surface area contributed by atoms with Crippen LogP contribution in [0.25, 0.3) is 0 Å². The number of halogens is 2. The van der Waals surface area contributed by atoms with Crippen LogP contribution in [0.4, 0.5) is 0 Å². The summed E-state index contributed by atoms with van der Waals surface area (Å²) in [5.41, 5.74) is 5.48. The highest BCUT2D eigenvalue weighted by Crippen LogP contribution is 2.27. The standard InChI is InChI=1S/C8H15NO2.2ClH/c9-5-6-1-3-7(4-2-6)8(10)11;;/h6-7H,1-5,9H2,(H,10,11);2*1H. The van der Waals surface area contributed by atoms with Crippen LogP contribution in [0, 0.1) is 11.8 Å². The molecule has 3 nitrogen and oxygen atoms in total. The van der Waals surface area contributed by atoms with E-state index in [1.807, 2.05) is 0 Å². The van der Waals surface area contributed by atoms with Crippen LogP contribution in [-0.2, 0) is 4.79 Å². The van der Waals surface area contributed by atoms with Crippen molar-refractivity contribution in [1.82, 2.24) is 0 Å². The van der Waals surface area contributed by atoms with Gasteiger partial charge in [-0.05, 0) is 38.1 Å². The highest BCUT2D eigenvalue weighted by atomic mass is 35.5. The van der Waals surface area contributed by atoms with E-state index in [1.165, 1.54) is 0 Å². The zero-order valence-electron chi connectivity index (χ0n) is 7.44. The summed E-state index contributed by atoms with van der Waals surface area (Å²) < 4.78 is 0. The van der Waals surface area contributed by atoms with Crippen molar-refractivity contribution < 1.29 is 9.90 Å². The average Bonchev–Trinajstić information content (AvgIpc) is 2.05. The second-order valence-corrected chi connectivity index (χ2v) is 3.29. The zero-order valence-corrected chi connectivity index (χ0v) is 9.07. The molecular weight excluding hydrogens is 213 g/mol. The molecule has 0 heterocycles. The van der Waals surface area contributed by atoms with Crippen LogP contribution in [0.3, 0.4) is 0 Å². The van der Waals surface area contributed by atoms with E-state index in [0.717, 1.165) is 25.7 Å². The summed E-state index contributed by atoms with van der Waals surface area (Å²) in [7, 11) is 0. The first-order valence-corrected chi connectivity index (χ1v) is 4.17. The van der Waals surface area contributed by atoms with Crippen molar-refractivity contribution >= 4 is 30.8 Å². The molecule has 0 aliphatic heterocycles. The van der Waals surface area contributed by atoms with Gasteiger partial charge >= 0.3 is 5.97 Å². The molecule has 0 unspecified atom stereocenters. The molecule has 0 radical (unpaired) electrons. The molecule has 1 fully saturated rings. The van der Waals surface area contributed by atoms with Crippen LogP contribution >= 0.6 is 24.8 Å². The summed E-state index contributed by atoms with van der Waals surface area (Å²) in [6.45, 7) is 0.715. The molecule has 1 aliphatic rings. The smallest absolute Gasteiger partial charge is 0.306 e. The molecular formula is C8H17Cl2NO2. The quantitative estimate of drug-likeness (QED) is 0.758. The lowest BCUT2D eigenvalue weighted by Gasteiger charge is -2.24. The second kappa shape index (κ2) is 7.42. The monoisotopic (exact) mass is 229 g/mol. The molecule has 3 N–H and O–H groups in total. The third kappa shape index (κ3) is 4.69. The average molecular weight is 230 g/mol. The van der Waals surface area contributed by atoms with Crippen molar-refractivity contribution in [3.05, 3.63) is 0 Å². The van der Waals surface area contributed by atoms with Gasteiger partial charge in [0.2, 0.25) is 0 Å². The number of carboxylic acid groups (broad SMARTS) is 1. The van der Waals surface area contributed by atoms with Crippen molar-refractivity contribution in [2.75, 3.05) is 6.54 Å². The van der Waals surface area contributed by atoms with Crippen LogP contribution in [0.15, 0.2) is 0 Å². The molecule has 13 heavy (non-hydrogen) atoms. The van der Waals surface area contributed by atoms with Crippen molar-refractivity contribution in [3.63, 3.8) is 0 Å². The Balaban J connectivity index is 0. The Kier molecular flexibility index (Phi) is 8.83. The summed E-state index contributed by atoms with van der Waals surface area (Å²) in [4.78, 5) is 10.5. The Hall–Kier alpha value is 0.01000. The summed E-state index contributed by atoms with van der Waals surface area (Å²) >= 11 is 0. The minimum absolute atomic E-state index is 0. The van der Waals surface area contributed by atoms with Gasteiger partial charge in [0.15, 0.2) is 0 Å². The molecule has 1 aliphatic carbocycles. The van der Waals surface area contributed by atoms with E-state index in [2.05, 4.69) is 0 Å². The maximum Gasteiger partial charge on any atom is 0.306 e. The van der Waals surface area contributed by atoms with Gasteiger partial charge in [-0.15, -0.1) is 24.8 Å². The van der Waals surface area contributed by atoms with E-state index >= 15 is 0 Å². The number of nitrogens with two attached hydrogens (primary N) is 1. The van der Waals surface area contributed by atoms with Gasteiger partial charge in [-0.2, -0.15) is 0 Å². The zero-order chi connectivity index (χ0) is 8.27. The number of carbonyl (C=O) groups is 1. The van der Waals surface area contributed by atoms with E-state index in [1.54, 1.807) is 0 Å². The van der Waals surface area contributed by atoms with Gasteiger partial charge in [-0.25, -0.2) is 0 Å². The van der Waals surface area contributed by atoms with Gasteiger partial charge < -0.3 is 10.8 Å². The minimum atomic E-state index is -0.638. The highest BCUT2D eigenvalue weighted by molar-refractivity contribution is 5.85. The van der Waals surface area contributed by atoms with Crippen LogP contribution in [0.5, 0.6) is 0 Å². The van der Waals surface area contributed by atoms with Gasteiger partial charge in [-0.1, -0.05) is 0 Å². The first-order chi connectivity index (χ1) is 5.24. The Morgan fingerprint density at radius 1 is 1.23 bits per heavy atom. The second-order valence-electron chi connectivity index (χ2n) is 3.29. The Morgan fingerprint density at radius 3 is 2.00 bits per heavy atom. The minimum Gasteiger partial charge on any atom is -0.481 e. The van der Waals surface area contributed by atoms with Crippen molar-refractivity contribution in [1.29, 1.82) is 0 Å². The molecule has 0 saturated heterocycles. The molecule has 1 saturated carbocycles. The normalized spacial score (nSPS) is 26.8. The summed E-state index contributed by atoms with van der Waals surface area (Å²) in [5, 5.41) is 8.67. The van der Waals surface area contributed by atoms with Crippen LogP contribution in [-0.4, -0.2) is 17.6 Å². The lowest BCUT2D eigenvalue weighted by molar-refractivity contribution is -0.143. The molecule has 5 heteroatoms. The summed E-state index contributed by atoms with van der Waals surface area (Å²) in [6, 6.07) is 0. The number of hydrogen-bond donors (Lipinski definition) is 2. The predicted octanol–water partition coefficient (Wildman–Crippen LogP) is 1.68. The van der Waals surface area contributed by atoms with E-state index in [4.69, 9.17) is 10.8 Å². The number of rotatable bonds is 2. The van der Waals surface area contributed by atoms with Crippen LogP contribution < -0.4 is 5.73 Å². The number of aliphatic carboxylic acids is 1. The third-order valence-corrected chi connectivity index (χ3v) is 2.53. The van der Waals surface area contributed by atoms with Gasteiger partial charge in [-0.3, -0.25) is 4.79 Å². The van der Waals surface area contributed by atoms with Gasteiger partial charge in [0.25, 0.3) is 0 Å². The predicted molar refractivity (Wildman–Crippen MR) is 56.6 cm³/mol. The van der Waals surface area contributed by atoms with E-state index in [0.29, 0.717) is 12.5 Å². The fourth-order valence-corrected chi connectivity index (χ4v) is 1.65. The summed E-state index contributed by atoms with van der Waals surface area (Å²) in [5.74, 6) is -0.163. The Morgan fingerprint density at radius 2 is 1.69 bits per heavy atom. The maximum absolute atomic E-state index is 10.5. The van der Waals surface area contributed by atoms with E-state index < -0.39 is 5.97 Å². The van der Waals surface area contributed by atoms with Gasteiger partial charge in [0.1, 0.15) is 0 Å². The molecule has 0 bridgehead atoms. The molecule has 1 rings (SSSR count). The van der Waals surface area contributed by atoms with Crippen molar-refractivity contribution in [2.45, 2.75) is 25.7 Å². The fraction of sp³-hybridized carbons (Fsp3) is 0.875. The maximum atomic E-state index is 10.5. The Labute approximate surface area is 90.9 Å². The van der Waals surface area contributed by atoms with Crippen LogP contribution in [0.2, 0.25) is 0 Å². The van der Waals surface area contributed by atoms with Crippen molar-refractivity contribution in [3.8, 4) is 0 Å². The highest BCUT2D eigenvalue weighted by Gasteiger charge is 2.24. The van der Waals surface area contributed by atoms with Crippen molar-refractivity contribution in [2.24, 2.45) is 17.6 Å². The third-order valence-electron chi connectivity index (χ3n) is 2.53. The molecule has 0 aromatic heterocycles. The lowest BCUT2D eigenvalue weighted by atomic mass is 9.82. The topological polar surface area (TPSA) is 63.3 Å². The first-order valence-electron chi connectivity index (χ1n) is 4.17. The summed E-state index contributed by atoms with van der Waals surface area (Å²) in [6.07, 6.45) is 3.62. The molecule has 0 spiro atoms. The molecule has 0 aromatic rings. The fourth-order valence-electron chi connectivity index (χ4n) is 1.65. The molecule has 0 amide bonds.